The second-order valence-electron chi connectivity index (χ2n) is 5.73. The lowest BCUT2D eigenvalue weighted by Gasteiger charge is -2.38. The third-order valence-electron chi connectivity index (χ3n) is 3.85. The standard InChI is InChI=1S/C15H22BrNS/c1-15(2,18-3)10-17-12-8-11(9-12)13-6-4-5-7-14(13)16/h4-7,11-12,17H,8-10H2,1-3H3. The zero-order chi connectivity index (χ0) is 13.2. The van der Waals surface area contributed by atoms with Gasteiger partial charge in [0.15, 0.2) is 0 Å². The summed E-state index contributed by atoms with van der Waals surface area (Å²) in [5, 5.41) is 3.69. The number of benzene rings is 1. The molecular formula is C15H22BrNS. The largest absolute Gasteiger partial charge is 0.313 e. The van der Waals surface area contributed by atoms with Crippen LogP contribution >= 0.6 is 27.7 Å². The van der Waals surface area contributed by atoms with Crippen LogP contribution < -0.4 is 5.32 Å². The van der Waals surface area contributed by atoms with Crippen molar-refractivity contribution in [3.63, 3.8) is 0 Å². The Morgan fingerprint density at radius 1 is 1.33 bits per heavy atom. The molecule has 1 aromatic rings. The molecule has 1 aliphatic rings. The molecule has 0 unspecified atom stereocenters. The van der Waals surface area contributed by atoms with Gasteiger partial charge in [0.25, 0.3) is 0 Å². The second-order valence-corrected chi connectivity index (χ2v) is 8.10. The van der Waals surface area contributed by atoms with E-state index in [1.54, 1.807) is 0 Å². The minimum absolute atomic E-state index is 0.346. The molecule has 0 amide bonds. The predicted octanol–water partition coefficient (Wildman–Crippen LogP) is 4.43. The summed E-state index contributed by atoms with van der Waals surface area (Å²) in [6, 6.07) is 9.32. The van der Waals surface area contributed by atoms with Crippen LogP contribution in [0.15, 0.2) is 28.7 Å². The number of halogens is 1. The highest BCUT2D eigenvalue weighted by Crippen LogP contribution is 2.40. The van der Waals surface area contributed by atoms with E-state index in [2.05, 4.69) is 65.6 Å². The maximum Gasteiger partial charge on any atom is 0.0225 e. The van der Waals surface area contributed by atoms with Gasteiger partial charge in [-0.15, -0.1) is 0 Å². The number of thioether (sulfide) groups is 1. The fourth-order valence-corrected chi connectivity index (χ4v) is 3.14. The molecule has 2 rings (SSSR count). The van der Waals surface area contributed by atoms with Crippen molar-refractivity contribution in [2.45, 2.75) is 43.4 Å². The van der Waals surface area contributed by atoms with Crippen molar-refractivity contribution in [1.29, 1.82) is 0 Å². The average molecular weight is 328 g/mol. The number of nitrogens with one attached hydrogen (secondary N) is 1. The molecule has 0 heterocycles. The fourth-order valence-electron chi connectivity index (χ4n) is 2.31. The van der Waals surface area contributed by atoms with Crippen molar-refractivity contribution in [1.82, 2.24) is 5.32 Å². The topological polar surface area (TPSA) is 12.0 Å². The van der Waals surface area contributed by atoms with Gasteiger partial charge in [-0.25, -0.2) is 0 Å². The first kappa shape index (κ1) is 14.4. The minimum Gasteiger partial charge on any atom is -0.313 e. The normalized spacial score (nSPS) is 23.8. The Labute approximate surface area is 123 Å². The summed E-state index contributed by atoms with van der Waals surface area (Å²) in [7, 11) is 0. The monoisotopic (exact) mass is 327 g/mol. The van der Waals surface area contributed by atoms with E-state index < -0.39 is 0 Å². The van der Waals surface area contributed by atoms with Crippen LogP contribution in [0.2, 0.25) is 0 Å². The van der Waals surface area contributed by atoms with Gasteiger partial charge in [0.2, 0.25) is 0 Å². The molecule has 1 fully saturated rings. The highest BCUT2D eigenvalue weighted by Gasteiger charge is 2.32. The van der Waals surface area contributed by atoms with Crippen molar-refractivity contribution in [3.05, 3.63) is 34.3 Å². The van der Waals surface area contributed by atoms with Gasteiger partial charge in [-0.3, -0.25) is 0 Å². The first-order valence-electron chi connectivity index (χ1n) is 6.55. The summed E-state index contributed by atoms with van der Waals surface area (Å²) in [5.74, 6) is 0.732. The maximum absolute atomic E-state index is 3.69. The summed E-state index contributed by atoms with van der Waals surface area (Å²) in [5.41, 5.74) is 1.47. The van der Waals surface area contributed by atoms with E-state index >= 15 is 0 Å². The van der Waals surface area contributed by atoms with Crippen LogP contribution in [0.3, 0.4) is 0 Å². The average Bonchev–Trinajstić information content (AvgIpc) is 2.29. The molecule has 0 bridgehead atoms. The molecule has 1 nitrogen and oxygen atoms in total. The Bertz CT molecular complexity index is 399. The number of hydrogen-bond donors (Lipinski definition) is 1. The second kappa shape index (κ2) is 5.98. The van der Waals surface area contributed by atoms with E-state index in [1.807, 2.05) is 11.8 Å². The highest BCUT2D eigenvalue weighted by atomic mass is 79.9. The Hall–Kier alpha value is 0.01000. The third kappa shape index (κ3) is 3.52. The van der Waals surface area contributed by atoms with E-state index in [-0.39, 0.29) is 0 Å². The lowest BCUT2D eigenvalue weighted by molar-refractivity contribution is 0.285. The van der Waals surface area contributed by atoms with Crippen molar-refractivity contribution in [2.24, 2.45) is 0 Å². The molecule has 0 aliphatic heterocycles. The van der Waals surface area contributed by atoms with Gasteiger partial charge in [-0.1, -0.05) is 34.1 Å². The summed E-state index contributed by atoms with van der Waals surface area (Å²) < 4.78 is 1.61. The van der Waals surface area contributed by atoms with Crippen molar-refractivity contribution >= 4 is 27.7 Å². The van der Waals surface area contributed by atoms with E-state index in [0.29, 0.717) is 10.8 Å². The first-order valence-corrected chi connectivity index (χ1v) is 8.56. The van der Waals surface area contributed by atoms with Crippen molar-refractivity contribution in [3.8, 4) is 0 Å². The lowest BCUT2D eigenvalue weighted by Crippen LogP contribution is -2.45. The van der Waals surface area contributed by atoms with E-state index in [1.165, 1.54) is 22.9 Å². The van der Waals surface area contributed by atoms with E-state index in [9.17, 15) is 0 Å². The molecule has 1 saturated carbocycles. The molecular weight excluding hydrogens is 306 g/mol. The quantitative estimate of drug-likeness (QED) is 0.858. The van der Waals surface area contributed by atoms with Crippen LogP contribution in [0.1, 0.15) is 38.2 Å². The van der Waals surface area contributed by atoms with Crippen molar-refractivity contribution < 1.29 is 0 Å². The van der Waals surface area contributed by atoms with E-state index in [0.717, 1.165) is 12.5 Å². The van der Waals surface area contributed by atoms with Gasteiger partial charge >= 0.3 is 0 Å². The Kier molecular flexibility index (Phi) is 4.79. The molecule has 0 aromatic heterocycles. The van der Waals surface area contributed by atoms with Crippen LogP contribution in [0, 0.1) is 0 Å². The minimum atomic E-state index is 0.346. The molecule has 0 saturated heterocycles. The lowest BCUT2D eigenvalue weighted by atomic mass is 9.76. The SMILES string of the molecule is CSC(C)(C)CNC1CC(c2ccccc2Br)C1. The molecule has 0 spiro atoms. The zero-order valence-electron chi connectivity index (χ0n) is 11.4. The number of hydrogen-bond acceptors (Lipinski definition) is 2. The van der Waals surface area contributed by atoms with Crippen LogP contribution in [0.5, 0.6) is 0 Å². The summed E-state index contributed by atoms with van der Waals surface area (Å²) in [6.45, 7) is 5.70. The molecule has 100 valence electrons. The summed E-state index contributed by atoms with van der Waals surface area (Å²) >= 11 is 5.58. The Morgan fingerprint density at radius 3 is 2.61 bits per heavy atom. The van der Waals surface area contributed by atoms with Gasteiger partial charge in [0, 0.05) is 21.8 Å². The van der Waals surface area contributed by atoms with E-state index in [4.69, 9.17) is 0 Å². The molecule has 18 heavy (non-hydrogen) atoms. The molecule has 0 radical (unpaired) electrons. The fraction of sp³-hybridized carbons (Fsp3) is 0.600. The van der Waals surface area contributed by atoms with Gasteiger partial charge < -0.3 is 5.32 Å². The van der Waals surface area contributed by atoms with Gasteiger partial charge in [-0.05, 0) is 50.5 Å². The Balaban J connectivity index is 1.79. The first-order chi connectivity index (χ1) is 8.52. The van der Waals surface area contributed by atoms with Gasteiger partial charge in [-0.2, -0.15) is 11.8 Å². The Morgan fingerprint density at radius 2 is 2.00 bits per heavy atom. The van der Waals surface area contributed by atoms with Crippen LogP contribution in [-0.2, 0) is 0 Å². The number of rotatable bonds is 5. The van der Waals surface area contributed by atoms with Gasteiger partial charge in [0.05, 0.1) is 0 Å². The van der Waals surface area contributed by atoms with Crippen LogP contribution in [0.4, 0.5) is 0 Å². The molecule has 1 N–H and O–H groups in total. The van der Waals surface area contributed by atoms with Crippen LogP contribution in [-0.4, -0.2) is 23.6 Å². The third-order valence-corrected chi connectivity index (χ3v) is 5.82. The molecule has 1 aliphatic carbocycles. The zero-order valence-corrected chi connectivity index (χ0v) is 13.8. The summed E-state index contributed by atoms with van der Waals surface area (Å²) in [6.07, 6.45) is 4.73. The smallest absolute Gasteiger partial charge is 0.0225 e. The maximum atomic E-state index is 3.69. The van der Waals surface area contributed by atoms with Gasteiger partial charge in [0.1, 0.15) is 0 Å². The van der Waals surface area contributed by atoms with Crippen LogP contribution in [0.25, 0.3) is 0 Å². The highest BCUT2D eigenvalue weighted by molar-refractivity contribution is 9.10. The van der Waals surface area contributed by atoms with Crippen molar-refractivity contribution in [2.75, 3.05) is 12.8 Å². The molecule has 1 aromatic carbocycles. The predicted molar refractivity (Wildman–Crippen MR) is 85.5 cm³/mol. The molecule has 0 atom stereocenters. The molecule has 3 heteroatoms. The summed E-state index contributed by atoms with van der Waals surface area (Å²) in [4.78, 5) is 0.